The molecule has 0 aliphatic carbocycles. The molecule has 2 bridgehead atoms. The Balaban J connectivity index is 2.01. The molecule has 0 saturated carbocycles. The van der Waals surface area contributed by atoms with E-state index in [4.69, 9.17) is 0 Å². The molecule has 92 valence electrons. The van der Waals surface area contributed by atoms with Gasteiger partial charge in [-0.1, -0.05) is 18.2 Å². The maximum absolute atomic E-state index is 12.4. The number of imidazole rings is 1. The molecular weight excluding hydrogens is 230 g/mol. The number of fused-ring (bicyclic) bond motifs is 5. The van der Waals surface area contributed by atoms with Gasteiger partial charge in [-0.05, 0) is 18.6 Å². The fourth-order valence-corrected chi connectivity index (χ4v) is 3.13. The number of hydrogen-bond donors (Lipinski definition) is 2. The minimum Gasteiger partial charge on any atom is -0.493 e. The predicted molar refractivity (Wildman–Crippen MR) is 66.1 cm³/mol. The first kappa shape index (κ1) is 9.96. The third-order valence-corrected chi connectivity index (χ3v) is 3.92. The quantitative estimate of drug-likeness (QED) is 0.783. The highest BCUT2D eigenvalue weighted by atomic mass is 16.3. The van der Waals surface area contributed by atoms with Crippen LogP contribution in [0.5, 0.6) is 5.88 Å². The van der Waals surface area contributed by atoms with Crippen LogP contribution in [0.1, 0.15) is 24.2 Å². The van der Waals surface area contributed by atoms with Gasteiger partial charge in [0.15, 0.2) is 0 Å². The molecule has 1 saturated heterocycles. The number of aromatic hydroxyl groups is 1. The minimum atomic E-state index is -0.136. The van der Waals surface area contributed by atoms with Crippen molar-refractivity contribution in [2.75, 3.05) is 6.54 Å². The smallest absolute Gasteiger partial charge is 0.336 e. The molecule has 3 heterocycles. The molecule has 0 spiro atoms. The molecule has 1 aromatic carbocycles. The van der Waals surface area contributed by atoms with Gasteiger partial charge in [0.05, 0.1) is 17.8 Å². The highest BCUT2D eigenvalue weighted by molar-refractivity contribution is 5.41. The van der Waals surface area contributed by atoms with Gasteiger partial charge in [0.2, 0.25) is 5.88 Å². The van der Waals surface area contributed by atoms with Crippen molar-refractivity contribution in [3.8, 4) is 11.6 Å². The first-order valence-corrected chi connectivity index (χ1v) is 6.12. The summed E-state index contributed by atoms with van der Waals surface area (Å²) in [6.45, 7) is 0.815. The van der Waals surface area contributed by atoms with Crippen molar-refractivity contribution in [1.82, 2.24) is 14.5 Å². The lowest BCUT2D eigenvalue weighted by atomic mass is 10.2. The molecule has 0 amide bonds. The second-order valence-electron chi connectivity index (χ2n) is 4.88. The molecular formula is C13H13N3O2. The second-order valence-corrected chi connectivity index (χ2v) is 4.88. The van der Waals surface area contributed by atoms with Crippen molar-refractivity contribution in [3.63, 3.8) is 0 Å². The third-order valence-electron chi connectivity index (χ3n) is 3.92. The van der Waals surface area contributed by atoms with E-state index >= 15 is 0 Å². The van der Waals surface area contributed by atoms with Gasteiger partial charge in [-0.15, -0.1) is 0 Å². The standard InChI is InChI=1S/C13H13N3O2/c17-12-11-10-6-9(7-14-10)15(11)13(18)16(12)8-4-2-1-3-5-8/h1-5,9-10,14,17H,6-7H2/t9?,10-/m1/s1. The summed E-state index contributed by atoms with van der Waals surface area (Å²) in [5.41, 5.74) is 1.31. The molecule has 2 N–H and O–H groups in total. The van der Waals surface area contributed by atoms with Crippen LogP contribution in [-0.4, -0.2) is 20.8 Å². The number of hydrogen-bond acceptors (Lipinski definition) is 3. The van der Waals surface area contributed by atoms with E-state index in [0.717, 1.165) is 18.7 Å². The van der Waals surface area contributed by atoms with E-state index in [-0.39, 0.29) is 23.7 Å². The lowest BCUT2D eigenvalue weighted by Crippen LogP contribution is -2.31. The molecule has 18 heavy (non-hydrogen) atoms. The number of nitrogens with one attached hydrogen (secondary N) is 1. The molecule has 1 unspecified atom stereocenters. The van der Waals surface area contributed by atoms with Crippen molar-refractivity contribution in [3.05, 3.63) is 46.5 Å². The molecule has 0 radical (unpaired) electrons. The molecule has 2 atom stereocenters. The summed E-state index contributed by atoms with van der Waals surface area (Å²) < 4.78 is 3.13. The summed E-state index contributed by atoms with van der Waals surface area (Å²) in [5.74, 6) is 0.0749. The zero-order valence-corrected chi connectivity index (χ0v) is 9.71. The van der Waals surface area contributed by atoms with Crippen LogP contribution in [0.4, 0.5) is 0 Å². The van der Waals surface area contributed by atoms with E-state index in [0.29, 0.717) is 5.69 Å². The van der Waals surface area contributed by atoms with Crippen LogP contribution in [0.3, 0.4) is 0 Å². The van der Waals surface area contributed by atoms with E-state index in [1.54, 1.807) is 4.57 Å². The molecule has 4 rings (SSSR count). The number of benzene rings is 1. The van der Waals surface area contributed by atoms with Gasteiger partial charge in [0.25, 0.3) is 0 Å². The topological polar surface area (TPSA) is 59.2 Å². The summed E-state index contributed by atoms with van der Waals surface area (Å²) in [6.07, 6.45) is 0.910. The molecule has 1 fully saturated rings. The van der Waals surface area contributed by atoms with E-state index < -0.39 is 0 Å². The number of nitrogens with zero attached hydrogens (tertiary/aromatic N) is 2. The van der Waals surface area contributed by atoms with Gasteiger partial charge in [0, 0.05) is 6.54 Å². The van der Waals surface area contributed by atoms with Crippen LogP contribution in [0, 0.1) is 0 Å². The van der Waals surface area contributed by atoms with Crippen molar-refractivity contribution in [2.45, 2.75) is 18.5 Å². The largest absolute Gasteiger partial charge is 0.493 e. The maximum atomic E-state index is 12.4. The monoisotopic (exact) mass is 243 g/mol. The Morgan fingerprint density at radius 3 is 2.78 bits per heavy atom. The normalized spacial score (nSPS) is 24.4. The van der Waals surface area contributed by atoms with Crippen LogP contribution in [-0.2, 0) is 0 Å². The van der Waals surface area contributed by atoms with Gasteiger partial charge < -0.3 is 10.4 Å². The summed E-state index contributed by atoms with van der Waals surface area (Å²) in [7, 11) is 0. The summed E-state index contributed by atoms with van der Waals surface area (Å²) in [6, 6.07) is 9.56. The van der Waals surface area contributed by atoms with Gasteiger partial charge >= 0.3 is 5.69 Å². The van der Waals surface area contributed by atoms with Gasteiger partial charge in [0.1, 0.15) is 5.69 Å². The molecule has 2 aliphatic heterocycles. The van der Waals surface area contributed by atoms with Gasteiger partial charge in [-0.3, -0.25) is 4.57 Å². The first-order valence-electron chi connectivity index (χ1n) is 6.12. The Morgan fingerprint density at radius 1 is 1.28 bits per heavy atom. The number of aromatic nitrogens is 2. The number of para-hydroxylation sites is 1. The zero-order valence-electron chi connectivity index (χ0n) is 9.71. The number of rotatable bonds is 1. The van der Waals surface area contributed by atoms with E-state index in [2.05, 4.69) is 5.32 Å². The maximum Gasteiger partial charge on any atom is 0.336 e. The zero-order chi connectivity index (χ0) is 12.3. The summed E-state index contributed by atoms with van der Waals surface area (Å²) in [5, 5.41) is 13.6. The second kappa shape index (κ2) is 3.26. The van der Waals surface area contributed by atoms with E-state index in [1.165, 1.54) is 4.57 Å². The van der Waals surface area contributed by atoms with Crippen LogP contribution in [0.25, 0.3) is 5.69 Å². The Morgan fingerprint density at radius 2 is 2.06 bits per heavy atom. The molecule has 2 aliphatic rings. The predicted octanol–water partition coefficient (Wildman–Crippen LogP) is 0.934. The summed E-state index contributed by atoms with van der Waals surface area (Å²) in [4.78, 5) is 12.4. The average molecular weight is 243 g/mol. The van der Waals surface area contributed by atoms with Crippen LogP contribution in [0.2, 0.25) is 0 Å². The van der Waals surface area contributed by atoms with E-state index in [9.17, 15) is 9.90 Å². The lowest BCUT2D eigenvalue weighted by molar-refractivity contribution is 0.424. The Kier molecular flexibility index (Phi) is 1.81. The van der Waals surface area contributed by atoms with Crippen molar-refractivity contribution in [1.29, 1.82) is 0 Å². The Hall–Kier alpha value is -2.01. The van der Waals surface area contributed by atoms with Crippen LogP contribution < -0.4 is 11.0 Å². The fourth-order valence-electron chi connectivity index (χ4n) is 3.13. The van der Waals surface area contributed by atoms with Gasteiger partial charge in [-0.25, -0.2) is 9.36 Å². The first-order chi connectivity index (χ1) is 8.77. The van der Waals surface area contributed by atoms with E-state index in [1.807, 2.05) is 30.3 Å². The highest BCUT2D eigenvalue weighted by Crippen LogP contribution is 2.42. The Labute approximate surface area is 103 Å². The fraction of sp³-hybridized carbons (Fsp3) is 0.308. The SMILES string of the molecule is O=c1n(-c2ccccc2)c(O)c2n1C1CN[C@@H]2C1. The van der Waals surface area contributed by atoms with Crippen molar-refractivity contribution >= 4 is 0 Å². The molecule has 2 aromatic rings. The Bertz CT molecular complexity index is 672. The third kappa shape index (κ3) is 1.07. The van der Waals surface area contributed by atoms with Gasteiger partial charge in [-0.2, -0.15) is 0 Å². The highest BCUT2D eigenvalue weighted by Gasteiger charge is 2.42. The molecule has 1 aromatic heterocycles. The molecule has 5 nitrogen and oxygen atoms in total. The van der Waals surface area contributed by atoms with Crippen LogP contribution >= 0.6 is 0 Å². The average Bonchev–Trinajstić information content (AvgIpc) is 3.05. The van der Waals surface area contributed by atoms with Crippen molar-refractivity contribution in [2.24, 2.45) is 0 Å². The lowest BCUT2D eigenvalue weighted by Gasteiger charge is -2.13. The van der Waals surface area contributed by atoms with Crippen molar-refractivity contribution < 1.29 is 5.11 Å². The van der Waals surface area contributed by atoms with Crippen LogP contribution in [0.15, 0.2) is 35.1 Å². The minimum absolute atomic E-state index is 0.0749. The molecule has 5 heteroatoms. The summed E-state index contributed by atoms with van der Waals surface area (Å²) >= 11 is 0.